The van der Waals surface area contributed by atoms with Crippen molar-refractivity contribution in [3.8, 4) is 111 Å². The fraction of sp³-hybridized carbons (Fsp3) is 0.0677. The molecule has 3 aliphatic rings. The molecule has 25 aromatic rings. The molecule has 0 aliphatic heterocycles. The van der Waals surface area contributed by atoms with E-state index in [0.29, 0.717) is 0 Å². The van der Waals surface area contributed by atoms with Crippen molar-refractivity contribution in [1.82, 2.24) is 0 Å². The third-order valence-corrected chi connectivity index (χ3v) is 30.2. The average Bonchev–Trinajstić information content (AvgIpc) is 1.46. The molecule has 0 unspecified atom stereocenters. The van der Waals surface area contributed by atoms with Gasteiger partial charge in [-0.25, -0.2) is 0 Å². The first-order chi connectivity index (χ1) is 65.7. The van der Waals surface area contributed by atoms with Gasteiger partial charge in [-0.2, -0.15) is 0 Å². The van der Waals surface area contributed by atoms with E-state index in [1.54, 1.807) is 0 Å². The first-order valence-electron chi connectivity index (χ1n) is 47.1. The Balaban J connectivity index is 0.000000106. The van der Waals surface area contributed by atoms with Gasteiger partial charge in [-0.05, 0) is 337 Å². The van der Waals surface area contributed by atoms with Crippen LogP contribution in [0.5, 0.6) is 0 Å². The van der Waals surface area contributed by atoms with Gasteiger partial charge in [0.2, 0.25) is 0 Å². The van der Waals surface area contributed by atoms with Gasteiger partial charge < -0.3 is 4.42 Å². The molecule has 0 spiro atoms. The SMILES string of the molecule is CC1(C)c2ccc(-c3c4ccccc4c(-c4ccc5ccccc5c4)c4ccccc34)cc2-c2cc3ccccc3cc21.CC1(C)c2ccc(-c3c4ccccc4c(-c4cccc(-c5ccc6oc7ccccc7c6c5)c4)c4ccccc34)cc2-c2cc3ccccc3cc21.CC1(C)c2ccc(-c3c4ccccc4c(-c4ccccc4)c4ccccc34)cc2-c2cc3ccccc3cc21. The number of fused-ring (bicyclic) bond motifs is 22. The average molecular weight is 1710 g/mol. The highest BCUT2D eigenvalue weighted by Gasteiger charge is 2.40. The largest absolute Gasteiger partial charge is 0.456 e. The Bertz CT molecular complexity index is 9110. The number of hydrogen-bond donors (Lipinski definition) is 0. The van der Waals surface area contributed by atoms with Gasteiger partial charge in [0, 0.05) is 27.0 Å². The van der Waals surface area contributed by atoms with Crippen LogP contribution in [0.2, 0.25) is 0 Å². The van der Waals surface area contributed by atoms with Crippen molar-refractivity contribution in [3.05, 3.63) is 482 Å². The number of furan rings is 1. The van der Waals surface area contributed by atoms with Gasteiger partial charge in [-0.3, -0.25) is 0 Å². The molecule has 28 rings (SSSR count). The molecule has 0 amide bonds. The van der Waals surface area contributed by atoms with Gasteiger partial charge in [0.15, 0.2) is 0 Å². The fourth-order valence-corrected chi connectivity index (χ4v) is 23.7. The lowest BCUT2D eigenvalue weighted by molar-refractivity contribution is 0.661. The van der Waals surface area contributed by atoms with Gasteiger partial charge in [-0.15, -0.1) is 0 Å². The predicted molar refractivity (Wildman–Crippen MR) is 572 cm³/mol. The smallest absolute Gasteiger partial charge is 0.135 e. The summed E-state index contributed by atoms with van der Waals surface area (Å²) in [5.74, 6) is 0. The minimum absolute atomic E-state index is 0.0332. The topological polar surface area (TPSA) is 13.1 Å². The fourth-order valence-electron chi connectivity index (χ4n) is 23.7. The van der Waals surface area contributed by atoms with E-state index in [2.05, 4.69) is 478 Å². The first kappa shape index (κ1) is 78.7. The van der Waals surface area contributed by atoms with E-state index in [4.69, 9.17) is 4.42 Å². The minimum atomic E-state index is -0.0680. The zero-order valence-corrected chi connectivity index (χ0v) is 75.6. The standard InChI is InChI=1S/C51H34O.C43H30.C39H28/c1-51(2)45-24-22-36(29-42(45)43-27-32-12-3-4-13-33(32)30-46(43)51)50-40-19-7-5-17-38(40)49(39-18-6-8-20-41(39)50)35-15-11-14-31(26-35)34-23-25-48-44(28-34)37-16-9-10-21-47(37)52-48;1-43(2)39-22-21-32(25-37(39)38-24-29-13-5-6-14-30(29)26-40(38)43)42-35-17-9-7-15-33(35)41(34-16-8-10-18-36(34)42)31-20-19-27-11-3-4-12-28(27)23-31;1-39(2)35-21-20-28(23-33(35)34-22-26-14-6-7-15-27(26)24-36(34)39)38-31-18-10-8-16-29(31)37(25-12-4-3-5-13-25)30-17-9-11-19-32(30)38/h3-30H,1-2H3;3-26H,1-2H3;3-24H,1-2H3. The van der Waals surface area contributed by atoms with Gasteiger partial charge >= 0.3 is 0 Å². The summed E-state index contributed by atoms with van der Waals surface area (Å²) in [6.45, 7) is 14.2. The van der Waals surface area contributed by atoms with Crippen LogP contribution in [0.15, 0.2) is 453 Å². The van der Waals surface area contributed by atoms with Crippen molar-refractivity contribution < 1.29 is 4.42 Å². The summed E-state index contributed by atoms with van der Waals surface area (Å²) in [4.78, 5) is 0. The molecule has 0 atom stereocenters. The van der Waals surface area contributed by atoms with Crippen molar-refractivity contribution in [2.75, 3.05) is 0 Å². The Morgan fingerprint density at radius 1 is 0.134 bits per heavy atom. The van der Waals surface area contributed by atoms with Gasteiger partial charge in [0.25, 0.3) is 0 Å². The zero-order valence-electron chi connectivity index (χ0n) is 75.6. The molecule has 0 saturated carbocycles. The van der Waals surface area contributed by atoms with Crippen LogP contribution in [0.25, 0.3) is 241 Å². The summed E-state index contributed by atoms with van der Waals surface area (Å²) in [6, 6.07) is 166. The molecular formula is C133H92O. The molecular weight excluding hydrogens is 1610 g/mol. The van der Waals surface area contributed by atoms with Crippen molar-refractivity contribution in [1.29, 1.82) is 0 Å². The third-order valence-electron chi connectivity index (χ3n) is 30.2. The Morgan fingerprint density at radius 2 is 0.373 bits per heavy atom. The Labute approximate surface area is 779 Å². The van der Waals surface area contributed by atoms with Crippen molar-refractivity contribution in [3.63, 3.8) is 0 Å². The number of benzene rings is 24. The summed E-state index contributed by atoms with van der Waals surface area (Å²) in [5, 5.41) is 28.0. The lowest BCUT2D eigenvalue weighted by atomic mass is 9.81. The molecule has 1 aromatic heterocycles. The van der Waals surface area contributed by atoms with Crippen LogP contribution in [-0.2, 0) is 16.2 Å². The van der Waals surface area contributed by atoms with Gasteiger partial charge in [0.1, 0.15) is 11.2 Å². The molecule has 630 valence electrons. The molecule has 0 N–H and O–H groups in total. The normalized spacial score (nSPS) is 13.5. The van der Waals surface area contributed by atoms with E-state index in [9.17, 15) is 0 Å². The molecule has 0 saturated heterocycles. The Hall–Kier alpha value is -16.3. The second-order valence-corrected chi connectivity index (χ2v) is 38.7. The summed E-state index contributed by atoms with van der Waals surface area (Å²) in [7, 11) is 0. The van der Waals surface area contributed by atoms with Crippen molar-refractivity contribution >= 4 is 130 Å². The minimum Gasteiger partial charge on any atom is -0.456 e. The van der Waals surface area contributed by atoms with E-state index in [-0.39, 0.29) is 16.2 Å². The maximum atomic E-state index is 6.15. The van der Waals surface area contributed by atoms with Gasteiger partial charge in [0.05, 0.1) is 0 Å². The highest BCUT2D eigenvalue weighted by molar-refractivity contribution is 6.25. The van der Waals surface area contributed by atoms with E-state index in [1.165, 1.54) is 252 Å². The molecule has 134 heavy (non-hydrogen) atoms. The number of rotatable bonds is 7. The van der Waals surface area contributed by atoms with Crippen LogP contribution in [0, 0.1) is 0 Å². The predicted octanol–water partition coefficient (Wildman–Crippen LogP) is 37.1. The second-order valence-electron chi connectivity index (χ2n) is 38.7. The van der Waals surface area contributed by atoms with Crippen molar-refractivity contribution in [2.45, 2.75) is 57.8 Å². The maximum Gasteiger partial charge on any atom is 0.135 e. The monoisotopic (exact) mass is 1700 g/mol. The highest BCUT2D eigenvalue weighted by atomic mass is 16.3. The van der Waals surface area contributed by atoms with E-state index in [1.807, 2.05) is 12.1 Å². The van der Waals surface area contributed by atoms with E-state index >= 15 is 0 Å². The van der Waals surface area contributed by atoms with E-state index < -0.39 is 0 Å². The summed E-state index contributed by atoms with van der Waals surface area (Å²) in [6.07, 6.45) is 0. The van der Waals surface area contributed by atoms with Crippen LogP contribution in [0.4, 0.5) is 0 Å². The summed E-state index contributed by atoms with van der Waals surface area (Å²) in [5.41, 5.74) is 36.0. The molecule has 1 nitrogen and oxygen atoms in total. The molecule has 3 aliphatic carbocycles. The Morgan fingerprint density at radius 3 is 0.739 bits per heavy atom. The third kappa shape index (κ3) is 12.3. The highest BCUT2D eigenvalue weighted by Crippen LogP contribution is 2.58. The molecule has 0 fully saturated rings. The van der Waals surface area contributed by atoms with Crippen LogP contribution in [0.3, 0.4) is 0 Å². The zero-order chi connectivity index (χ0) is 89.4. The molecule has 0 bridgehead atoms. The van der Waals surface area contributed by atoms with Crippen molar-refractivity contribution in [2.24, 2.45) is 0 Å². The lowest BCUT2D eigenvalue weighted by Crippen LogP contribution is -2.14. The molecule has 1 heteroatoms. The van der Waals surface area contributed by atoms with Crippen LogP contribution in [0.1, 0.15) is 74.9 Å². The molecule has 24 aromatic carbocycles. The molecule has 0 radical (unpaired) electrons. The number of para-hydroxylation sites is 1. The molecule has 1 heterocycles. The Kier molecular flexibility index (Phi) is 17.8. The number of hydrogen-bond acceptors (Lipinski definition) is 1. The first-order valence-corrected chi connectivity index (χ1v) is 47.1. The van der Waals surface area contributed by atoms with E-state index in [0.717, 1.165) is 21.9 Å². The van der Waals surface area contributed by atoms with Crippen LogP contribution in [-0.4, -0.2) is 0 Å². The van der Waals surface area contributed by atoms with Crippen LogP contribution < -0.4 is 0 Å². The summed E-state index contributed by atoms with van der Waals surface area (Å²) >= 11 is 0. The summed E-state index contributed by atoms with van der Waals surface area (Å²) < 4.78 is 6.15. The quantitative estimate of drug-likeness (QED) is 0.145. The van der Waals surface area contributed by atoms with Gasteiger partial charge in [-0.1, -0.05) is 406 Å². The maximum absolute atomic E-state index is 6.15. The van der Waals surface area contributed by atoms with Crippen LogP contribution >= 0.6 is 0 Å². The lowest BCUT2D eigenvalue weighted by Gasteiger charge is -2.22. The second kappa shape index (κ2) is 30.4.